The minimum Gasteiger partial charge on any atom is -0.480 e. The van der Waals surface area contributed by atoms with Crippen LogP contribution in [0.25, 0.3) is 0 Å². The van der Waals surface area contributed by atoms with Gasteiger partial charge in [-0.3, -0.25) is 14.8 Å². The predicted octanol–water partition coefficient (Wildman–Crippen LogP) is 0.825. The van der Waals surface area contributed by atoms with Crippen molar-refractivity contribution in [1.29, 1.82) is 0 Å². The van der Waals surface area contributed by atoms with Gasteiger partial charge < -0.3 is 5.11 Å². The summed E-state index contributed by atoms with van der Waals surface area (Å²) in [6.45, 7) is 3.96. The molecule has 2 rings (SSSR count). The number of nitrogens with zero attached hydrogens (tertiary/aromatic N) is 2. The minimum absolute atomic E-state index is 0.0507. The van der Waals surface area contributed by atoms with E-state index in [1.54, 1.807) is 11.8 Å². The Morgan fingerprint density at radius 1 is 1.62 bits per heavy atom. The Balaban J connectivity index is 2.23. The zero-order chi connectivity index (χ0) is 11.9. The standard InChI is InChI=1S/C10H15N3O2S/c1-5-8(6(2)13(3)12-5)9-11-7(4-16-9)10(14)15/h7,9,11H,4H2,1-3H3,(H,14,15)/t7-,9+/m0/s1. The lowest BCUT2D eigenvalue weighted by Gasteiger charge is -2.11. The molecule has 0 unspecified atom stereocenters. The third-order valence-electron chi connectivity index (χ3n) is 2.91. The second-order valence-electron chi connectivity index (χ2n) is 3.98. The van der Waals surface area contributed by atoms with Crippen molar-refractivity contribution in [3.63, 3.8) is 0 Å². The number of aryl methyl sites for hydroxylation is 2. The van der Waals surface area contributed by atoms with E-state index < -0.39 is 12.0 Å². The SMILES string of the molecule is Cc1nn(C)c(C)c1[C@@H]1N[C@H](C(=O)O)CS1. The summed E-state index contributed by atoms with van der Waals surface area (Å²) in [6.07, 6.45) is 0. The van der Waals surface area contributed by atoms with Crippen LogP contribution in [-0.2, 0) is 11.8 Å². The van der Waals surface area contributed by atoms with Crippen LogP contribution in [0.5, 0.6) is 0 Å². The number of nitrogens with one attached hydrogen (secondary N) is 1. The van der Waals surface area contributed by atoms with E-state index in [0.29, 0.717) is 5.75 Å². The first-order valence-corrected chi connectivity index (χ1v) is 6.16. The molecule has 0 aromatic carbocycles. The zero-order valence-electron chi connectivity index (χ0n) is 9.52. The summed E-state index contributed by atoms with van der Waals surface area (Å²) in [4.78, 5) is 10.9. The summed E-state index contributed by atoms with van der Waals surface area (Å²) < 4.78 is 1.83. The highest BCUT2D eigenvalue weighted by atomic mass is 32.2. The van der Waals surface area contributed by atoms with Crippen molar-refractivity contribution in [3.8, 4) is 0 Å². The lowest BCUT2D eigenvalue weighted by Crippen LogP contribution is -2.33. The molecule has 2 N–H and O–H groups in total. The van der Waals surface area contributed by atoms with Gasteiger partial charge >= 0.3 is 5.97 Å². The highest BCUT2D eigenvalue weighted by Crippen LogP contribution is 2.35. The van der Waals surface area contributed by atoms with Gasteiger partial charge in [0.1, 0.15) is 6.04 Å². The molecule has 0 saturated carbocycles. The summed E-state index contributed by atoms with van der Waals surface area (Å²) in [7, 11) is 1.90. The average Bonchev–Trinajstić information content (AvgIpc) is 2.74. The van der Waals surface area contributed by atoms with E-state index in [9.17, 15) is 4.79 Å². The Kier molecular flexibility index (Phi) is 2.94. The van der Waals surface area contributed by atoms with Crippen LogP contribution in [0.3, 0.4) is 0 Å². The second-order valence-corrected chi connectivity index (χ2v) is 5.12. The first-order chi connectivity index (χ1) is 7.50. The summed E-state index contributed by atoms with van der Waals surface area (Å²) >= 11 is 1.63. The van der Waals surface area contributed by atoms with Crippen LogP contribution in [0.4, 0.5) is 0 Å². The van der Waals surface area contributed by atoms with Crippen molar-refractivity contribution in [2.24, 2.45) is 7.05 Å². The summed E-state index contributed by atoms with van der Waals surface area (Å²) in [6, 6.07) is -0.450. The van der Waals surface area contributed by atoms with Crippen LogP contribution >= 0.6 is 11.8 Å². The lowest BCUT2D eigenvalue weighted by molar-refractivity contribution is -0.138. The number of carbonyl (C=O) groups is 1. The van der Waals surface area contributed by atoms with Crippen LogP contribution < -0.4 is 5.32 Å². The van der Waals surface area contributed by atoms with Gasteiger partial charge in [-0.05, 0) is 13.8 Å². The molecular weight excluding hydrogens is 226 g/mol. The molecular formula is C10H15N3O2S. The Morgan fingerprint density at radius 2 is 2.31 bits per heavy atom. The third kappa shape index (κ3) is 1.82. The summed E-state index contributed by atoms with van der Waals surface area (Å²) in [5, 5.41) is 16.4. The fourth-order valence-electron chi connectivity index (χ4n) is 1.95. The molecule has 6 heteroatoms. The van der Waals surface area contributed by atoms with E-state index in [0.717, 1.165) is 17.0 Å². The van der Waals surface area contributed by atoms with E-state index in [1.165, 1.54) is 0 Å². The van der Waals surface area contributed by atoms with Crippen molar-refractivity contribution in [3.05, 3.63) is 17.0 Å². The van der Waals surface area contributed by atoms with Crippen LogP contribution in [0, 0.1) is 13.8 Å². The van der Waals surface area contributed by atoms with Crippen molar-refractivity contribution in [2.45, 2.75) is 25.3 Å². The van der Waals surface area contributed by atoms with Crippen LogP contribution in [0.2, 0.25) is 0 Å². The van der Waals surface area contributed by atoms with Gasteiger partial charge in [0.25, 0.3) is 0 Å². The van der Waals surface area contributed by atoms with Crippen molar-refractivity contribution >= 4 is 17.7 Å². The molecule has 16 heavy (non-hydrogen) atoms. The van der Waals surface area contributed by atoms with Gasteiger partial charge in [-0.25, -0.2) is 0 Å². The quantitative estimate of drug-likeness (QED) is 0.802. The third-order valence-corrected chi connectivity index (χ3v) is 4.14. The zero-order valence-corrected chi connectivity index (χ0v) is 10.3. The highest BCUT2D eigenvalue weighted by molar-refractivity contribution is 7.99. The number of hydrogen-bond donors (Lipinski definition) is 2. The average molecular weight is 241 g/mol. The van der Waals surface area contributed by atoms with Crippen molar-refractivity contribution in [2.75, 3.05) is 5.75 Å². The van der Waals surface area contributed by atoms with Crippen molar-refractivity contribution < 1.29 is 9.90 Å². The van der Waals surface area contributed by atoms with E-state index in [4.69, 9.17) is 5.11 Å². The maximum absolute atomic E-state index is 10.9. The Morgan fingerprint density at radius 3 is 2.75 bits per heavy atom. The normalized spacial score (nSPS) is 24.9. The smallest absolute Gasteiger partial charge is 0.321 e. The lowest BCUT2D eigenvalue weighted by atomic mass is 10.2. The Hall–Kier alpha value is -1.01. The maximum Gasteiger partial charge on any atom is 0.321 e. The molecule has 0 amide bonds. The number of rotatable bonds is 2. The van der Waals surface area contributed by atoms with E-state index in [1.807, 2.05) is 25.6 Å². The van der Waals surface area contributed by atoms with Crippen molar-refractivity contribution in [1.82, 2.24) is 15.1 Å². The fraction of sp³-hybridized carbons (Fsp3) is 0.600. The van der Waals surface area contributed by atoms with Gasteiger partial charge in [0, 0.05) is 24.1 Å². The summed E-state index contributed by atoms with van der Waals surface area (Å²) in [5.74, 6) is -0.178. The van der Waals surface area contributed by atoms with E-state index in [-0.39, 0.29) is 5.37 Å². The molecule has 1 aromatic heterocycles. The fourth-order valence-corrected chi connectivity index (χ4v) is 3.34. The van der Waals surface area contributed by atoms with E-state index in [2.05, 4.69) is 10.4 Å². The molecule has 1 aliphatic rings. The van der Waals surface area contributed by atoms with Gasteiger partial charge in [0.15, 0.2) is 0 Å². The first-order valence-electron chi connectivity index (χ1n) is 5.11. The van der Waals surface area contributed by atoms with Crippen LogP contribution in [0.15, 0.2) is 0 Å². The number of aromatic nitrogens is 2. The number of carboxylic acids is 1. The molecule has 2 heterocycles. The minimum atomic E-state index is -0.783. The van der Waals surface area contributed by atoms with E-state index >= 15 is 0 Å². The number of thioether (sulfide) groups is 1. The monoisotopic (exact) mass is 241 g/mol. The molecule has 1 aromatic rings. The van der Waals surface area contributed by atoms with Gasteiger partial charge in [-0.15, -0.1) is 11.8 Å². The first kappa shape index (κ1) is 11.5. The molecule has 1 fully saturated rings. The largest absolute Gasteiger partial charge is 0.480 e. The Labute approximate surface area is 98.2 Å². The summed E-state index contributed by atoms with van der Waals surface area (Å²) in [5.41, 5.74) is 3.18. The topological polar surface area (TPSA) is 67.2 Å². The maximum atomic E-state index is 10.9. The van der Waals surface area contributed by atoms with Crippen LogP contribution in [0.1, 0.15) is 22.3 Å². The van der Waals surface area contributed by atoms with Crippen LogP contribution in [-0.4, -0.2) is 32.7 Å². The Bertz CT molecular complexity index is 430. The van der Waals surface area contributed by atoms with Gasteiger partial charge in [0.2, 0.25) is 0 Å². The molecule has 0 radical (unpaired) electrons. The molecule has 0 aliphatic carbocycles. The molecule has 88 valence electrons. The molecule has 5 nitrogen and oxygen atoms in total. The second kappa shape index (κ2) is 4.10. The van der Waals surface area contributed by atoms with Gasteiger partial charge in [0.05, 0.1) is 11.1 Å². The molecule has 2 atom stereocenters. The number of carboxylic acid groups (broad SMARTS) is 1. The highest BCUT2D eigenvalue weighted by Gasteiger charge is 2.33. The molecule has 0 spiro atoms. The number of hydrogen-bond acceptors (Lipinski definition) is 4. The number of aliphatic carboxylic acids is 1. The van der Waals surface area contributed by atoms with Gasteiger partial charge in [-0.2, -0.15) is 5.10 Å². The predicted molar refractivity (Wildman–Crippen MR) is 62.4 cm³/mol. The van der Waals surface area contributed by atoms with Gasteiger partial charge in [-0.1, -0.05) is 0 Å². The molecule has 0 bridgehead atoms. The molecule has 1 saturated heterocycles. The molecule has 1 aliphatic heterocycles.